The zero-order chi connectivity index (χ0) is 21.3. The van der Waals surface area contributed by atoms with Crippen LogP contribution in [0.5, 0.6) is 0 Å². The van der Waals surface area contributed by atoms with Gasteiger partial charge in [-0.1, -0.05) is 0 Å². The molecule has 0 unspecified atom stereocenters. The Labute approximate surface area is 181 Å². The molecule has 1 fully saturated rings. The number of anilines is 1. The van der Waals surface area contributed by atoms with Crippen molar-refractivity contribution >= 4 is 33.5 Å². The molecule has 2 aromatic heterocycles. The quantitative estimate of drug-likeness (QED) is 0.650. The van der Waals surface area contributed by atoms with E-state index >= 15 is 0 Å². The van der Waals surface area contributed by atoms with Gasteiger partial charge in [0, 0.05) is 23.6 Å². The van der Waals surface area contributed by atoms with Crippen LogP contribution in [0.2, 0.25) is 0 Å². The van der Waals surface area contributed by atoms with Crippen LogP contribution in [0.3, 0.4) is 0 Å². The monoisotopic (exact) mass is 432 g/mol. The molecule has 0 bridgehead atoms. The Morgan fingerprint density at radius 2 is 1.93 bits per heavy atom. The molecule has 3 N–H and O–H groups in total. The van der Waals surface area contributed by atoms with Crippen molar-refractivity contribution in [2.24, 2.45) is 0 Å². The lowest BCUT2D eigenvalue weighted by atomic mass is 9.91. The molecule has 4 rings (SSSR count). The van der Waals surface area contributed by atoms with Crippen LogP contribution >= 0.6 is 11.3 Å². The molecular weight excluding hydrogens is 400 g/mol. The molecule has 1 atom stereocenters. The second-order valence-corrected chi connectivity index (χ2v) is 10.5. The first-order chi connectivity index (χ1) is 14.3. The molecule has 164 valence electrons. The number of aryl methyl sites for hydroxylation is 1. The van der Waals surface area contributed by atoms with Crippen LogP contribution in [0.25, 0.3) is 10.2 Å². The number of hydrogen-bond donors (Lipinski definition) is 3. The molecule has 1 saturated carbocycles. The second-order valence-electron chi connectivity index (χ2n) is 9.43. The number of fused-ring (bicyclic) bond motifs is 3. The fourth-order valence-corrected chi connectivity index (χ4v) is 5.91. The predicted molar refractivity (Wildman–Crippen MR) is 119 cm³/mol. The van der Waals surface area contributed by atoms with Gasteiger partial charge in [0.1, 0.15) is 22.6 Å². The number of aromatic nitrogens is 2. The average Bonchev–Trinajstić information content (AvgIpc) is 3.22. The Hall–Kier alpha value is -1.93. The molecule has 0 radical (unpaired) electrons. The van der Waals surface area contributed by atoms with Crippen molar-refractivity contribution < 1.29 is 14.6 Å². The summed E-state index contributed by atoms with van der Waals surface area (Å²) in [5, 5.41) is 17.3. The Kier molecular flexibility index (Phi) is 6.16. The fourth-order valence-electron chi connectivity index (χ4n) is 4.67. The van der Waals surface area contributed by atoms with Gasteiger partial charge in [-0.25, -0.2) is 14.8 Å². The van der Waals surface area contributed by atoms with Gasteiger partial charge in [-0.3, -0.25) is 0 Å². The molecule has 0 saturated heterocycles. The highest BCUT2D eigenvalue weighted by molar-refractivity contribution is 7.19. The van der Waals surface area contributed by atoms with E-state index in [0.29, 0.717) is 12.0 Å². The van der Waals surface area contributed by atoms with Gasteiger partial charge in [-0.05, 0) is 77.2 Å². The third-order valence-corrected chi connectivity index (χ3v) is 7.17. The van der Waals surface area contributed by atoms with E-state index in [-0.39, 0.29) is 18.7 Å². The maximum atomic E-state index is 12.0. The summed E-state index contributed by atoms with van der Waals surface area (Å²) in [5.74, 6) is 1.32. The fraction of sp³-hybridized carbons (Fsp3) is 0.682. The maximum absolute atomic E-state index is 12.0. The summed E-state index contributed by atoms with van der Waals surface area (Å²) >= 11 is 1.77. The number of aliphatic hydroxyl groups excluding tert-OH is 1. The summed E-state index contributed by atoms with van der Waals surface area (Å²) in [4.78, 5) is 23.6. The van der Waals surface area contributed by atoms with Crippen LogP contribution in [-0.4, -0.2) is 45.5 Å². The number of rotatable bonds is 5. The van der Waals surface area contributed by atoms with Gasteiger partial charge in [0.05, 0.1) is 5.39 Å². The normalized spacial score (nSPS) is 23.9. The number of ether oxygens (including phenoxy) is 1. The zero-order valence-electron chi connectivity index (χ0n) is 18.0. The largest absolute Gasteiger partial charge is 0.444 e. The van der Waals surface area contributed by atoms with E-state index in [0.717, 1.165) is 61.0 Å². The third-order valence-electron chi connectivity index (χ3n) is 6.00. The van der Waals surface area contributed by atoms with Crippen LogP contribution in [0.4, 0.5) is 10.6 Å². The van der Waals surface area contributed by atoms with E-state index in [1.54, 1.807) is 17.7 Å². The molecule has 8 heteroatoms. The van der Waals surface area contributed by atoms with E-state index in [1.807, 2.05) is 20.8 Å². The highest BCUT2D eigenvalue weighted by atomic mass is 32.1. The van der Waals surface area contributed by atoms with E-state index < -0.39 is 5.60 Å². The first-order valence-corrected chi connectivity index (χ1v) is 11.8. The summed E-state index contributed by atoms with van der Waals surface area (Å²) in [6, 6.07) is 0.482. The van der Waals surface area contributed by atoms with Crippen LogP contribution < -0.4 is 10.6 Å². The maximum Gasteiger partial charge on any atom is 0.407 e. The van der Waals surface area contributed by atoms with Gasteiger partial charge in [0.15, 0.2) is 0 Å². The molecule has 2 aromatic rings. The van der Waals surface area contributed by atoms with Gasteiger partial charge >= 0.3 is 6.09 Å². The van der Waals surface area contributed by atoms with Crippen molar-refractivity contribution in [2.75, 3.05) is 11.9 Å². The summed E-state index contributed by atoms with van der Waals surface area (Å²) < 4.78 is 5.38. The number of nitrogens with one attached hydrogen (secondary N) is 2. The molecular formula is C22H32N4O3S. The third kappa shape index (κ3) is 4.70. The van der Waals surface area contributed by atoms with Crippen LogP contribution in [0.1, 0.15) is 75.7 Å². The minimum atomic E-state index is -0.476. The van der Waals surface area contributed by atoms with Gasteiger partial charge in [-0.15, -0.1) is 11.3 Å². The minimum absolute atomic E-state index is 0.155. The van der Waals surface area contributed by atoms with E-state index in [9.17, 15) is 9.90 Å². The van der Waals surface area contributed by atoms with Gasteiger partial charge in [0.2, 0.25) is 0 Å². The standard InChI is InChI=1S/C22H32N4O3S/c1-22(2,3)29-21(28)26-15-7-5-14(6-8-15)25-19-18-17-13(10-11-27)4-9-16(17)30-20(18)24-12-23-19/h12-15,27H,4-11H2,1-3H3,(H,26,28)(H,23,24,25)/t13-,14?,15?/m1/s1. The lowest BCUT2D eigenvalue weighted by Gasteiger charge is -2.31. The molecule has 2 aliphatic carbocycles. The highest BCUT2D eigenvalue weighted by Crippen LogP contribution is 2.46. The predicted octanol–water partition coefficient (Wildman–Crippen LogP) is 4.35. The first-order valence-electron chi connectivity index (χ1n) is 11.0. The molecule has 0 spiro atoms. The van der Waals surface area contributed by atoms with Gasteiger partial charge < -0.3 is 20.5 Å². The number of amides is 1. The zero-order valence-corrected chi connectivity index (χ0v) is 18.8. The Morgan fingerprint density at radius 1 is 1.20 bits per heavy atom. The highest BCUT2D eigenvalue weighted by Gasteiger charge is 2.30. The van der Waals surface area contributed by atoms with E-state index in [4.69, 9.17) is 4.74 Å². The first kappa shape index (κ1) is 21.3. The lowest BCUT2D eigenvalue weighted by Crippen LogP contribution is -2.42. The lowest BCUT2D eigenvalue weighted by molar-refractivity contribution is 0.0492. The van der Waals surface area contributed by atoms with Gasteiger partial charge in [-0.2, -0.15) is 0 Å². The number of alkyl carbamates (subject to hydrolysis) is 1. The van der Waals surface area contributed by atoms with Crippen molar-refractivity contribution in [3.8, 4) is 0 Å². The summed E-state index contributed by atoms with van der Waals surface area (Å²) in [5.41, 5.74) is 0.878. The molecule has 0 aromatic carbocycles. The van der Waals surface area contributed by atoms with E-state index in [1.165, 1.54) is 10.4 Å². The number of carbonyl (C=O) groups is 1. The number of nitrogens with zero attached hydrogens (tertiary/aromatic N) is 2. The van der Waals surface area contributed by atoms with Crippen LogP contribution in [0, 0.1) is 0 Å². The van der Waals surface area contributed by atoms with Crippen LogP contribution in [-0.2, 0) is 11.2 Å². The van der Waals surface area contributed by atoms with Crippen LogP contribution in [0.15, 0.2) is 6.33 Å². The number of aliphatic hydroxyl groups is 1. The smallest absolute Gasteiger partial charge is 0.407 e. The number of thiophene rings is 1. The molecule has 7 nitrogen and oxygen atoms in total. The van der Waals surface area contributed by atoms with Crippen molar-refractivity contribution in [2.45, 2.75) is 89.3 Å². The topological polar surface area (TPSA) is 96.4 Å². The Bertz CT molecular complexity index is 900. The second kappa shape index (κ2) is 8.67. The number of hydrogen-bond acceptors (Lipinski definition) is 7. The summed E-state index contributed by atoms with van der Waals surface area (Å²) in [6.45, 7) is 5.85. The van der Waals surface area contributed by atoms with Crippen molar-refractivity contribution in [3.63, 3.8) is 0 Å². The minimum Gasteiger partial charge on any atom is -0.444 e. The van der Waals surface area contributed by atoms with Crippen molar-refractivity contribution in [1.29, 1.82) is 0 Å². The summed E-state index contributed by atoms with van der Waals surface area (Å²) in [6.07, 6.45) is 8.06. The number of carbonyl (C=O) groups excluding carboxylic acids is 1. The van der Waals surface area contributed by atoms with E-state index in [2.05, 4.69) is 20.6 Å². The van der Waals surface area contributed by atoms with Crippen molar-refractivity contribution in [3.05, 3.63) is 16.8 Å². The molecule has 2 aliphatic rings. The van der Waals surface area contributed by atoms with Crippen molar-refractivity contribution in [1.82, 2.24) is 15.3 Å². The molecule has 30 heavy (non-hydrogen) atoms. The summed E-state index contributed by atoms with van der Waals surface area (Å²) in [7, 11) is 0. The molecule has 1 amide bonds. The Balaban J connectivity index is 1.41. The Morgan fingerprint density at radius 3 is 2.63 bits per heavy atom. The average molecular weight is 433 g/mol. The molecule has 0 aliphatic heterocycles. The molecule has 2 heterocycles. The van der Waals surface area contributed by atoms with Gasteiger partial charge in [0.25, 0.3) is 0 Å². The SMILES string of the molecule is CC(C)(C)OC(=O)NC1CCC(Nc2ncnc3sc4c(c23)[C@@H](CCO)CC4)CC1.